The Labute approximate surface area is 126 Å². The van der Waals surface area contributed by atoms with Crippen LogP contribution in [0.2, 0.25) is 0 Å². The largest absolute Gasteiger partial charge is 0.327 e. The summed E-state index contributed by atoms with van der Waals surface area (Å²) in [5.74, 6) is 1.47. The van der Waals surface area contributed by atoms with Gasteiger partial charge in [-0.05, 0) is 61.4 Å². The third-order valence-corrected chi connectivity index (χ3v) is 7.11. The first kappa shape index (κ1) is 16.3. The molecule has 1 aliphatic carbocycles. The number of hydrogen-bond acceptors (Lipinski definition) is 2. The standard InChI is InChI=1S/C18H36N2/c1-6-18(5)9-11-20(12-10-18)13-15-7-8-16(19)14(2)17(15,3)4/h14-16H,6-13,19H2,1-5H3. The van der Waals surface area contributed by atoms with Crippen LogP contribution >= 0.6 is 0 Å². The molecule has 118 valence electrons. The number of hydrogen-bond donors (Lipinski definition) is 1. The van der Waals surface area contributed by atoms with Crippen LogP contribution in [-0.4, -0.2) is 30.6 Å². The molecule has 0 aromatic heterocycles. The van der Waals surface area contributed by atoms with Gasteiger partial charge in [0.15, 0.2) is 0 Å². The highest BCUT2D eigenvalue weighted by molar-refractivity contribution is 4.95. The summed E-state index contributed by atoms with van der Waals surface area (Å²) in [5.41, 5.74) is 7.29. The average molecular weight is 281 g/mol. The van der Waals surface area contributed by atoms with Gasteiger partial charge in [0.05, 0.1) is 0 Å². The normalized spacial score (nSPS) is 37.8. The van der Waals surface area contributed by atoms with Gasteiger partial charge < -0.3 is 10.6 Å². The van der Waals surface area contributed by atoms with E-state index in [2.05, 4.69) is 39.5 Å². The Morgan fingerprint density at radius 1 is 1.10 bits per heavy atom. The van der Waals surface area contributed by atoms with Crippen LogP contribution in [0.3, 0.4) is 0 Å². The summed E-state index contributed by atoms with van der Waals surface area (Å²) in [5, 5.41) is 0. The van der Waals surface area contributed by atoms with Gasteiger partial charge in [-0.25, -0.2) is 0 Å². The zero-order valence-electron chi connectivity index (χ0n) is 14.4. The molecule has 3 atom stereocenters. The predicted octanol–water partition coefficient (Wildman–Crippen LogP) is 3.90. The molecule has 2 nitrogen and oxygen atoms in total. The van der Waals surface area contributed by atoms with Crippen LogP contribution in [0.15, 0.2) is 0 Å². The summed E-state index contributed by atoms with van der Waals surface area (Å²) < 4.78 is 0. The number of rotatable bonds is 3. The molecule has 2 heteroatoms. The Kier molecular flexibility index (Phi) is 4.86. The predicted molar refractivity (Wildman–Crippen MR) is 87.7 cm³/mol. The molecule has 0 aromatic carbocycles. The zero-order chi connectivity index (χ0) is 15.0. The lowest BCUT2D eigenvalue weighted by Crippen LogP contribution is -2.51. The molecule has 2 fully saturated rings. The van der Waals surface area contributed by atoms with Gasteiger partial charge in [-0.2, -0.15) is 0 Å². The molecule has 2 aliphatic rings. The molecule has 20 heavy (non-hydrogen) atoms. The van der Waals surface area contributed by atoms with Crippen LogP contribution in [0.4, 0.5) is 0 Å². The lowest BCUT2D eigenvalue weighted by Gasteiger charge is -2.49. The van der Waals surface area contributed by atoms with Gasteiger partial charge in [0, 0.05) is 12.6 Å². The van der Waals surface area contributed by atoms with Gasteiger partial charge in [0.25, 0.3) is 0 Å². The maximum Gasteiger partial charge on any atom is 0.00698 e. The quantitative estimate of drug-likeness (QED) is 0.849. The summed E-state index contributed by atoms with van der Waals surface area (Å²) >= 11 is 0. The maximum absolute atomic E-state index is 6.29. The minimum absolute atomic E-state index is 0.392. The van der Waals surface area contributed by atoms with E-state index in [9.17, 15) is 0 Å². The van der Waals surface area contributed by atoms with E-state index in [-0.39, 0.29) is 0 Å². The van der Waals surface area contributed by atoms with E-state index < -0.39 is 0 Å². The van der Waals surface area contributed by atoms with E-state index in [0.29, 0.717) is 22.8 Å². The Balaban J connectivity index is 1.91. The Morgan fingerprint density at radius 2 is 1.70 bits per heavy atom. The molecule has 0 radical (unpaired) electrons. The second kappa shape index (κ2) is 5.96. The van der Waals surface area contributed by atoms with Crippen molar-refractivity contribution in [3.05, 3.63) is 0 Å². The Bertz CT molecular complexity index is 315. The van der Waals surface area contributed by atoms with E-state index in [1.165, 1.54) is 51.7 Å². The van der Waals surface area contributed by atoms with E-state index in [4.69, 9.17) is 5.73 Å². The van der Waals surface area contributed by atoms with Crippen molar-refractivity contribution in [3.8, 4) is 0 Å². The first-order chi connectivity index (χ1) is 9.28. The van der Waals surface area contributed by atoms with Crippen LogP contribution in [0.1, 0.15) is 66.7 Å². The zero-order valence-corrected chi connectivity index (χ0v) is 14.4. The average Bonchev–Trinajstić information content (AvgIpc) is 2.42. The fourth-order valence-electron chi connectivity index (χ4n) is 4.21. The Morgan fingerprint density at radius 3 is 2.25 bits per heavy atom. The van der Waals surface area contributed by atoms with Crippen molar-refractivity contribution in [1.82, 2.24) is 4.90 Å². The third kappa shape index (κ3) is 3.22. The number of nitrogens with two attached hydrogens (primary N) is 1. The van der Waals surface area contributed by atoms with Gasteiger partial charge in [-0.15, -0.1) is 0 Å². The van der Waals surface area contributed by atoms with Gasteiger partial charge in [0.2, 0.25) is 0 Å². The SMILES string of the molecule is CCC1(C)CCN(CC2CCC(N)C(C)C2(C)C)CC1. The van der Waals surface area contributed by atoms with Crippen LogP contribution in [0, 0.1) is 22.7 Å². The topological polar surface area (TPSA) is 29.3 Å². The second-order valence-electron chi connectivity index (χ2n) is 8.51. The number of nitrogens with zero attached hydrogens (tertiary/aromatic N) is 1. The number of piperidine rings is 1. The third-order valence-electron chi connectivity index (χ3n) is 7.11. The smallest absolute Gasteiger partial charge is 0.00698 e. The molecule has 0 amide bonds. The maximum atomic E-state index is 6.29. The van der Waals surface area contributed by atoms with Crippen LogP contribution in [-0.2, 0) is 0 Å². The van der Waals surface area contributed by atoms with E-state index in [1.54, 1.807) is 0 Å². The summed E-state index contributed by atoms with van der Waals surface area (Å²) in [4.78, 5) is 2.73. The lowest BCUT2D eigenvalue weighted by molar-refractivity contribution is 0.0125. The molecule has 2 N–H and O–H groups in total. The molecule has 1 saturated heterocycles. The molecule has 1 heterocycles. The van der Waals surface area contributed by atoms with Crippen molar-refractivity contribution in [3.63, 3.8) is 0 Å². The number of likely N-dealkylation sites (tertiary alicyclic amines) is 1. The van der Waals surface area contributed by atoms with Crippen LogP contribution in [0.5, 0.6) is 0 Å². The summed E-state index contributed by atoms with van der Waals surface area (Å²) in [6.45, 7) is 16.0. The molecule has 1 aliphatic heterocycles. The van der Waals surface area contributed by atoms with E-state index >= 15 is 0 Å². The van der Waals surface area contributed by atoms with Crippen molar-refractivity contribution in [2.75, 3.05) is 19.6 Å². The highest BCUT2D eigenvalue weighted by Crippen LogP contribution is 2.45. The molecule has 3 unspecified atom stereocenters. The lowest BCUT2D eigenvalue weighted by atomic mass is 9.61. The van der Waals surface area contributed by atoms with Gasteiger partial charge in [0.1, 0.15) is 0 Å². The molecule has 0 aromatic rings. The first-order valence-electron chi connectivity index (χ1n) is 8.76. The van der Waals surface area contributed by atoms with Crippen molar-refractivity contribution in [1.29, 1.82) is 0 Å². The fourth-order valence-corrected chi connectivity index (χ4v) is 4.21. The van der Waals surface area contributed by atoms with Crippen LogP contribution < -0.4 is 5.73 Å². The van der Waals surface area contributed by atoms with E-state index in [1.807, 2.05) is 0 Å². The van der Waals surface area contributed by atoms with Gasteiger partial charge in [-0.1, -0.05) is 41.0 Å². The summed E-state index contributed by atoms with van der Waals surface area (Å²) in [6.07, 6.45) is 6.63. The van der Waals surface area contributed by atoms with Crippen molar-refractivity contribution in [2.45, 2.75) is 72.8 Å². The minimum Gasteiger partial charge on any atom is -0.327 e. The minimum atomic E-state index is 0.392. The highest BCUT2D eigenvalue weighted by Gasteiger charge is 2.42. The van der Waals surface area contributed by atoms with Gasteiger partial charge in [-0.3, -0.25) is 0 Å². The van der Waals surface area contributed by atoms with E-state index in [0.717, 1.165) is 5.92 Å². The molecule has 2 rings (SSSR count). The van der Waals surface area contributed by atoms with Crippen molar-refractivity contribution in [2.24, 2.45) is 28.4 Å². The molecular formula is C18H36N2. The molecule has 0 bridgehead atoms. The molecule has 0 spiro atoms. The van der Waals surface area contributed by atoms with Crippen LogP contribution in [0.25, 0.3) is 0 Å². The van der Waals surface area contributed by atoms with Crippen molar-refractivity contribution >= 4 is 0 Å². The van der Waals surface area contributed by atoms with Gasteiger partial charge >= 0.3 is 0 Å². The monoisotopic (exact) mass is 280 g/mol. The summed E-state index contributed by atoms with van der Waals surface area (Å²) in [6, 6.07) is 0.408. The van der Waals surface area contributed by atoms with Crippen molar-refractivity contribution < 1.29 is 0 Å². The first-order valence-corrected chi connectivity index (χ1v) is 8.76. The fraction of sp³-hybridized carbons (Fsp3) is 1.00. The molecule has 1 saturated carbocycles. The Hall–Kier alpha value is -0.0800. The molecular weight excluding hydrogens is 244 g/mol. The highest BCUT2D eigenvalue weighted by atomic mass is 15.1. The summed E-state index contributed by atoms with van der Waals surface area (Å²) in [7, 11) is 0. The second-order valence-corrected chi connectivity index (χ2v) is 8.51.